The van der Waals surface area contributed by atoms with E-state index in [1.807, 2.05) is 19.3 Å². The molecule has 6 heteroatoms. The van der Waals surface area contributed by atoms with Gasteiger partial charge in [-0.1, -0.05) is 25.4 Å². The van der Waals surface area contributed by atoms with Crippen LogP contribution in [0.5, 0.6) is 0 Å². The van der Waals surface area contributed by atoms with Crippen LogP contribution in [0.15, 0.2) is 18.3 Å². The first-order valence-corrected chi connectivity index (χ1v) is 4.09. The molecule has 1 aromatic heterocycles. The highest BCUT2D eigenvalue weighted by atomic mass is 35.5. The van der Waals surface area contributed by atoms with E-state index in [1.54, 1.807) is 0 Å². The van der Waals surface area contributed by atoms with E-state index < -0.39 is 5.03 Å². The minimum atomic E-state index is -0.661. The number of nitrogens with zero attached hydrogens (tertiary/aromatic N) is 2. The molecule has 0 radical (unpaired) electrons. The molecule has 1 N–H and O–H groups in total. The van der Waals surface area contributed by atoms with Crippen molar-refractivity contribution in [3.63, 3.8) is 0 Å². The van der Waals surface area contributed by atoms with Crippen LogP contribution in [0.25, 0.3) is 0 Å². The van der Waals surface area contributed by atoms with Gasteiger partial charge in [0.25, 0.3) is 0 Å². The predicted octanol–water partition coefficient (Wildman–Crippen LogP) is 2.36. The Kier molecular flexibility index (Phi) is 5.54. The summed E-state index contributed by atoms with van der Waals surface area (Å²) in [5.41, 5.74) is 2.26. The zero-order valence-electron chi connectivity index (χ0n) is 7.32. The highest BCUT2D eigenvalue weighted by molar-refractivity contribution is 6.29. The molecule has 1 heterocycles. The average Bonchev–Trinajstić information content (AvgIpc) is 2.06. The van der Waals surface area contributed by atoms with Crippen LogP contribution < -0.4 is 5.43 Å². The lowest BCUT2D eigenvalue weighted by molar-refractivity contribution is -0.445. The second-order valence-corrected chi connectivity index (χ2v) is 2.12. The van der Waals surface area contributed by atoms with E-state index in [0.29, 0.717) is 5.69 Å². The average molecular weight is 204 g/mol. The van der Waals surface area contributed by atoms with Crippen LogP contribution in [-0.4, -0.2) is 10.0 Å². The van der Waals surface area contributed by atoms with Crippen LogP contribution in [0, 0.1) is 10.1 Å². The highest BCUT2D eigenvalue weighted by Crippen LogP contribution is 2.10. The Hall–Kier alpha value is -1.36. The van der Waals surface area contributed by atoms with Crippen molar-refractivity contribution in [2.24, 2.45) is 0 Å². The Morgan fingerprint density at radius 3 is 2.69 bits per heavy atom. The summed E-state index contributed by atoms with van der Waals surface area (Å²) in [5, 5.41) is 9.47. The van der Waals surface area contributed by atoms with Gasteiger partial charge in [-0.2, -0.15) is 0 Å². The van der Waals surface area contributed by atoms with E-state index >= 15 is 0 Å². The van der Waals surface area contributed by atoms with Gasteiger partial charge >= 0.3 is 0 Å². The number of halogens is 1. The fraction of sp³-hybridized carbons (Fsp3) is 0.286. The maximum absolute atomic E-state index is 9.91. The van der Waals surface area contributed by atoms with E-state index in [-0.39, 0.29) is 5.15 Å². The zero-order valence-corrected chi connectivity index (χ0v) is 8.08. The number of anilines is 1. The molecule has 13 heavy (non-hydrogen) atoms. The van der Waals surface area contributed by atoms with Gasteiger partial charge in [-0.05, 0) is 6.07 Å². The third-order valence-electron chi connectivity index (χ3n) is 0.947. The summed E-state index contributed by atoms with van der Waals surface area (Å²) in [6.07, 6.45) is 1.38. The lowest BCUT2D eigenvalue weighted by Crippen LogP contribution is -2.07. The lowest BCUT2D eigenvalue weighted by Gasteiger charge is -1.94. The first-order chi connectivity index (χ1) is 6.18. The number of pyridine rings is 1. The minimum absolute atomic E-state index is 0.219. The summed E-state index contributed by atoms with van der Waals surface area (Å²) < 4.78 is 0. The monoisotopic (exact) mass is 203 g/mol. The van der Waals surface area contributed by atoms with Gasteiger partial charge in [0.05, 0.1) is 0 Å². The van der Waals surface area contributed by atoms with Crippen LogP contribution in [0.3, 0.4) is 0 Å². The largest absolute Gasteiger partial charge is 0.244 e. The Bertz CT molecular complexity index is 280. The van der Waals surface area contributed by atoms with Gasteiger partial charge in [-0.25, -0.2) is 15.1 Å². The highest BCUT2D eigenvalue weighted by Gasteiger charge is 1.98. The molecule has 1 aromatic rings. The maximum atomic E-state index is 9.91. The number of hydrazine groups is 1. The third kappa shape index (κ3) is 4.97. The van der Waals surface area contributed by atoms with Gasteiger partial charge in [-0.15, -0.1) is 5.43 Å². The van der Waals surface area contributed by atoms with E-state index in [2.05, 4.69) is 4.98 Å². The molecule has 0 bridgehead atoms. The van der Waals surface area contributed by atoms with E-state index in [1.165, 1.54) is 18.3 Å². The Labute approximate surface area is 80.9 Å². The molecule has 0 aromatic carbocycles. The summed E-state index contributed by atoms with van der Waals surface area (Å²) in [5.74, 6) is 0. The van der Waals surface area contributed by atoms with Gasteiger partial charge in [0, 0.05) is 12.3 Å². The number of nitrogens with one attached hydrogen (secondary N) is 1. The van der Waals surface area contributed by atoms with Crippen LogP contribution >= 0.6 is 11.6 Å². The molecule has 0 saturated heterocycles. The molecular formula is C7H10ClN3O2. The molecule has 0 aliphatic heterocycles. The van der Waals surface area contributed by atoms with Crippen molar-refractivity contribution in [3.8, 4) is 0 Å². The fourth-order valence-corrected chi connectivity index (χ4v) is 0.751. The summed E-state index contributed by atoms with van der Waals surface area (Å²) in [4.78, 5) is 13.6. The molecule has 72 valence electrons. The SMILES string of the molecule is CC.O=[N+]([O-])Nc1ccnc(Cl)c1. The van der Waals surface area contributed by atoms with Crippen molar-refractivity contribution < 1.29 is 5.03 Å². The molecule has 0 aliphatic carbocycles. The Balaban J connectivity index is 0.000000671. The lowest BCUT2D eigenvalue weighted by atomic mass is 10.4. The minimum Gasteiger partial charge on any atom is -0.244 e. The fourth-order valence-electron chi connectivity index (χ4n) is 0.577. The molecule has 0 aliphatic rings. The van der Waals surface area contributed by atoms with Gasteiger partial charge in [0.1, 0.15) is 10.8 Å². The molecule has 0 saturated carbocycles. The molecule has 0 amide bonds. The van der Waals surface area contributed by atoms with Crippen LogP contribution in [0.1, 0.15) is 13.8 Å². The molecule has 0 atom stereocenters. The first-order valence-electron chi connectivity index (χ1n) is 3.71. The van der Waals surface area contributed by atoms with E-state index in [0.717, 1.165) is 0 Å². The van der Waals surface area contributed by atoms with E-state index in [9.17, 15) is 10.1 Å². The van der Waals surface area contributed by atoms with Crippen molar-refractivity contribution in [2.45, 2.75) is 13.8 Å². The van der Waals surface area contributed by atoms with Gasteiger partial charge in [0.15, 0.2) is 5.03 Å². The van der Waals surface area contributed by atoms with Gasteiger partial charge in [0.2, 0.25) is 0 Å². The van der Waals surface area contributed by atoms with Crippen LogP contribution in [0.4, 0.5) is 5.69 Å². The van der Waals surface area contributed by atoms with Crippen LogP contribution in [0.2, 0.25) is 5.15 Å². The second kappa shape index (κ2) is 6.19. The number of aromatic nitrogens is 1. The summed E-state index contributed by atoms with van der Waals surface area (Å²) in [7, 11) is 0. The maximum Gasteiger partial charge on any atom is 0.162 e. The summed E-state index contributed by atoms with van der Waals surface area (Å²) in [6, 6.07) is 2.82. The Morgan fingerprint density at radius 1 is 1.62 bits per heavy atom. The molecule has 1 rings (SSSR count). The van der Waals surface area contributed by atoms with Crippen molar-refractivity contribution in [2.75, 3.05) is 5.43 Å². The van der Waals surface area contributed by atoms with Crippen molar-refractivity contribution in [1.29, 1.82) is 0 Å². The van der Waals surface area contributed by atoms with E-state index in [4.69, 9.17) is 11.6 Å². The number of rotatable bonds is 2. The predicted molar refractivity (Wildman–Crippen MR) is 51.2 cm³/mol. The van der Waals surface area contributed by atoms with Crippen LogP contribution in [-0.2, 0) is 0 Å². The third-order valence-corrected chi connectivity index (χ3v) is 1.15. The first kappa shape index (κ1) is 11.6. The Morgan fingerprint density at radius 2 is 2.23 bits per heavy atom. The molecule has 0 spiro atoms. The topological polar surface area (TPSA) is 68.1 Å². The second-order valence-electron chi connectivity index (χ2n) is 1.74. The standard InChI is InChI=1S/C5H4ClN3O2.C2H6/c6-5-3-4(1-2-7-5)8-9(10)11;1-2/h1-3H,(H,7,8);1-2H3. The summed E-state index contributed by atoms with van der Waals surface area (Å²) in [6.45, 7) is 4.00. The van der Waals surface area contributed by atoms with Crippen molar-refractivity contribution in [1.82, 2.24) is 4.98 Å². The number of nitro groups is 1. The summed E-state index contributed by atoms with van der Waals surface area (Å²) >= 11 is 5.45. The van der Waals surface area contributed by atoms with Gasteiger partial charge < -0.3 is 0 Å². The molecule has 0 fully saturated rings. The molecule has 5 nitrogen and oxygen atoms in total. The molecule has 0 unspecified atom stereocenters. The normalized spacial score (nSPS) is 8.23. The quantitative estimate of drug-likeness (QED) is 0.455. The number of hydrogen-bond donors (Lipinski definition) is 1. The molecular weight excluding hydrogens is 194 g/mol. The van der Waals surface area contributed by atoms with Gasteiger partial charge in [-0.3, -0.25) is 0 Å². The zero-order chi connectivity index (χ0) is 10.3. The van der Waals surface area contributed by atoms with Crippen molar-refractivity contribution in [3.05, 3.63) is 33.6 Å². The smallest absolute Gasteiger partial charge is 0.162 e. The number of hydrogen-bond acceptors (Lipinski definition) is 3. The van der Waals surface area contributed by atoms with Crippen molar-refractivity contribution >= 4 is 17.3 Å².